The molecule has 0 fully saturated rings. The highest BCUT2D eigenvalue weighted by molar-refractivity contribution is 6.09. The monoisotopic (exact) mass is 365 g/mol. The van der Waals surface area contributed by atoms with Gasteiger partial charge in [-0.3, -0.25) is 0 Å². The number of hydrogen-bond acceptors (Lipinski definition) is 2. The van der Waals surface area contributed by atoms with Gasteiger partial charge in [0, 0.05) is 16.3 Å². The van der Waals surface area contributed by atoms with E-state index < -0.39 is 0 Å². The zero-order valence-electron chi connectivity index (χ0n) is 16.7. The molecule has 28 heavy (non-hydrogen) atoms. The van der Waals surface area contributed by atoms with Crippen LogP contribution in [0, 0.1) is 6.92 Å². The highest BCUT2D eigenvalue weighted by Gasteiger charge is 2.20. The van der Waals surface area contributed by atoms with Gasteiger partial charge in [-0.15, -0.1) is 0 Å². The summed E-state index contributed by atoms with van der Waals surface area (Å²) in [4.78, 5) is 5.06. The van der Waals surface area contributed by atoms with Gasteiger partial charge in [0.05, 0.1) is 11.2 Å². The van der Waals surface area contributed by atoms with Crippen molar-refractivity contribution in [1.82, 2.24) is 4.98 Å². The van der Waals surface area contributed by atoms with Gasteiger partial charge < -0.3 is 4.42 Å². The van der Waals surface area contributed by atoms with E-state index in [9.17, 15) is 0 Å². The van der Waals surface area contributed by atoms with E-state index in [1.165, 1.54) is 16.3 Å². The van der Waals surface area contributed by atoms with E-state index >= 15 is 0 Å². The van der Waals surface area contributed by atoms with Crippen molar-refractivity contribution in [2.24, 2.45) is 0 Å². The lowest BCUT2D eigenvalue weighted by atomic mass is 9.82. The van der Waals surface area contributed by atoms with E-state index in [4.69, 9.17) is 9.40 Å². The minimum atomic E-state index is 0.0396. The predicted octanol–water partition coefficient (Wildman–Crippen LogP) is 7.41. The van der Waals surface area contributed by atoms with Gasteiger partial charge in [0.2, 0.25) is 0 Å². The van der Waals surface area contributed by atoms with E-state index in [1.807, 2.05) is 19.1 Å². The molecule has 2 heterocycles. The van der Waals surface area contributed by atoms with Crippen molar-refractivity contribution in [2.75, 3.05) is 0 Å². The first kappa shape index (κ1) is 17.0. The molecule has 2 nitrogen and oxygen atoms in total. The number of aryl methyl sites for hydroxylation is 1. The third-order valence-corrected chi connectivity index (χ3v) is 5.43. The summed E-state index contributed by atoms with van der Waals surface area (Å²) in [6.45, 7) is 8.80. The molecule has 5 aromatic rings. The molecular formula is C26H23NO. The predicted molar refractivity (Wildman–Crippen MR) is 118 cm³/mol. The fourth-order valence-electron chi connectivity index (χ4n) is 4.12. The topological polar surface area (TPSA) is 26.0 Å². The number of hydrogen-bond donors (Lipinski definition) is 0. The minimum Gasteiger partial charge on any atom is -0.461 e. The summed E-state index contributed by atoms with van der Waals surface area (Å²) in [5, 5.41) is 4.69. The standard InChI is InChI=1S/C26H23NO/c1-16-13-21-24(27-23-12-8-7-11-20(23)25(21)28-16)18-14-17-9-5-6-10-19(17)22(15-18)26(2,3)4/h5-15H,1-4H3. The molecular weight excluding hydrogens is 342 g/mol. The Morgan fingerprint density at radius 2 is 1.50 bits per heavy atom. The second-order valence-corrected chi connectivity index (χ2v) is 8.57. The first-order valence-corrected chi connectivity index (χ1v) is 9.74. The number of rotatable bonds is 1. The van der Waals surface area contributed by atoms with Crippen molar-refractivity contribution in [1.29, 1.82) is 0 Å². The Morgan fingerprint density at radius 3 is 2.29 bits per heavy atom. The molecule has 0 N–H and O–H groups in total. The fraction of sp³-hybridized carbons (Fsp3) is 0.192. The van der Waals surface area contributed by atoms with Gasteiger partial charge in [-0.1, -0.05) is 57.2 Å². The van der Waals surface area contributed by atoms with E-state index in [0.29, 0.717) is 0 Å². The molecule has 0 aliphatic carbocycles. The molecule has 0 saturated carbocycles. The Kier molecular flexibility index (Phi) is 3.60. The van der Waals surface area contributed by atoms with Gasteiger partial charge in [-0.05, 0) is 59.0 Å². The van der Waals surface area contributed by atoms with Crippen LogP contribution in [-0.4, -0.2) is 4.98 Å². The molecule has 138 valence electrons. The molecule has 0 spiro atoms. The molecule has 0 saturated heterocycles. The highest BCUT2D eigenvalue weighted by Crippen LogP contribution is 2.38. The van der Waals surface area contributed by atoms with Crippen molar-refractivity contribution < 1.29 is 4.42 Å². The largest absolute Gasteiger partial charge is 0.461 e. The van der Waals surface area contributed by atoms with Gasteiger partial charge >= 0.3 is 0 Å². The number of furan rings is 1. The minimum absolute atomic E-state index is 0.0396. The van der Waals surface area contributed by atoms with Crippen LogP contribution in [0.1, 0.15) is 32.1 Å². The van der Waals surface area contributed by atoms with Crippen LogP contribution >= 0.6 is 0 Å². The summed E-state index contributed by atoms with van der Waals surface area (Å²) in [7, 11) is 0. The van der Waals surface area contributed by atoms with Crippen LogP contribution in [0.15, 0.2) is 71.1 Å². The Hall–Kier alpha value is -3.13. The molecule has 5 rings (SSSR count). The molecule has 2 heteroatoms. The average molecular weight is 365 g/mol. The summed E-state index contributed by atoms with van der Waals surface area (Å²) >= 11 is 0. The number of para-hydroxylation sites is 1. The summed E-state index contributed by atoms with van der Waals surface area (Å²) in [5.41, 5.74) is 5.39. The van der Waals surface area contributed by atoms with Crippen molar-refractivity contribution in [3.8, 4) is 11.3 Å². The number of aromatic nitrogens is 1. The second kappa shape index (κ2) is 5.93. The molecule has 0 aliphatic rings. The van der Waals surface area contributed by atoms with Gasteiger partial charge in [0.25, 0.3) is 0 Å². The lowest BCUT2D eigenvalue weighted by Gasteiger charge is -2.23. The zero-order valence-corrected chi connectivity index (χ0v) is 16.7. The number of benzene rings is 3. The molecule has 0 amide bonds. The Labute approximate surface area is 164 Å². The third kappa shape index (κ3) is 2.60. The van der Waals surface area contributed by atoms with Crippen LogP contribution < -0.4 is 0 Å². The van der Waals surface area contributed by atoms with Crippen molar-refractivity contribution in [3.63, 3.8) is 0 Å². The normalized spacial score (nSPS) is 12.3. The lowest BCUT2D eigenvalue weighted by Crippen LogP contribution is -2.12. The molecule has 0 aliphatic heterocycles. The van der Waals surface area contributed by atoms with E-state index in [1.54, 1.807) is 0 Å². The SMILES string of the molecule is Cc1cc2c(-c3cc(C(C)(C)C)c4ccccc4c3)nc3ccccc3c2o1. The zero-order chi connectivity index (χ0) is 19.5. The number of fused-ring (bicyclic) bond motifs is 4. The van der Waals surface area contributed by atoms with Crippen molar-refractivity contribution in [2.45, 2.75) is 33.1 Å². The van der Waals surface area contributed by atoms with Crippen molar-refractivity contribution in [3.05, 3.63) is 78.1 Å². The Morgan fingerprint density at radius 1 is 0.786 bits per heavy atom. The highest BCUT2D eigenvalue weighted by atomic mass is 16.3. The first-order chi connectivity index (χ1) is 13.4. The third-order valence-electron chi connectivity index (χ3n) is 5.43. The maximum Gasteiger partial charge on any atom is 0.145 e. The number of nitrogens with zero attached hydrogens (tertiary/aromatic N) is 1. The van der Waals surface area contributed by atoms with Gasteiger partial charge in [-0.2, -0.15) is 0 Å². The van der Waals surface area contributed by atoms with Crippen molar-refractivity contribution >= 4 is 32.6 Å². The Balaban J connectivity index is 1.91. The summed E-state index contributed by atoms with van der Waals surface area (Å²) in [5.74, 6) is 0.909. The van der Waals surface area contributed by atoms with Crippen LogP contribution in [0.25, 0.3) is 43.9 Å². The molecule has 0 unspecified atom stereocenters. The molecule has 3 aromatic carbocycles. The lowest BCUT2D eigenvalue weighted by molar-refractivity contribution is 0.581. The van der Waals surface area contributed by atoms with Gasteiger partial charge in [-0.25, -0.2) is 4.98 Å². The van der Waals surface area contributed by atoms with Gasteiger partial charge in [0.15, 0.2) is 0 Å². The molecule has 0 atom stereocenters. The Bertz CT molecular complexity index is 1350. The van der Waals surface area contributed by atoms with Crippen LogP contribution in [0.2, 0.25) is 0 Å². The fourth-order valence-corrected chi connectivity index (χ4v) is 4.12. The molecule has 0 radical (unpaired) electrons. The molecule has 2 aromatic heterocycles. The van der Waals surface area contributed by atoms with E-state index in [-0.39, 0.29) is 5.41 Å². The average Bonchev–Trinajstić information content (AvgIpc) is 3.07. The van der Waals surface area contributed by atoms with E-state index in [0.717, 1.165) is 38.9 Å². The van der Waals surface area contributed by atoms with Crippen LogP contribution in [0.5, 0.6) is 0 Å². The van der Waals surface area contributed by atoms with Crippen LogP contribution in [-0.2, 0) is 5.41 Å². The molecule has 0 bridgehead atoms. The quantitative estimate of drug-likeness (QED) is 0.309. The summed E-state index contributed by atoms with van der Waals surface area (Å²) in [6.07, 6.45) is 0. The smallest absolute Gasteiger partial charge is 0.145 e. The maximum atomic E-state index is 6.09. The number of pyridine rings is 1. The maximum absolute atomic E-state index is 6.09. The van der Waals surface area contributed by atoms with E-state index in [2.05, 4.69) is 75.4 Å². The van der Waals surface area contributed by atoms with Crippen LogP contribution in [0.3, 0.4) is 0 Å². The summed E-state index contributed by atoms with van der Waals surface area (Å²) < 4.78 is 6.09. The van der Waals surface area contributed by atoms with Gasteiger partial charge in [0.1, 0.15) is 11.3 Å². The first-order valence-electron chi connectivity index (χ1n) is 9.74. The van der Waals surface area contributed by atoms with Crippen LogP contribution in [0.4, 0.5) is 0 Å². The summed E-state index contributed by atoms with van der Waals surface area (Å²) in [6, 6.07) is 23.5. The second-order valence-electron chi connectivity index (χ2n) is 8.57.